The molecule has 0 N–H and O–H groups in total. The third-order valence-electron chi connectivity index (χ3n) is 3.09. The van der Waals surface area contributed by atoms with Crippen molar-refractivity contribution in [3.63, 3.8) is 0 Å². The summed E-state index contributed by atoms with van der Waals surface area (Å²) >= 11 is 6.15. The van der Waals surface area contributed by atoms with Crippen LogP contribution >= 0.6 is 11.6 Å². The van der Waals surface area contributed by atoms with E-state index < -0.39 is 0 Å². The highest BCUT2D eigenvalue weighted by Gasteiger charge is 2.05. The van der Waals surface area contributed by atoms with Crippen molar-refractivity contribution >= 4 is 11.6 Å². The molecule has 3 heteroatoms. The van der Waals surface area contributed by atoms with Gasteiger partial charge in [0.25, 0.3) is 0 Å². The fourth-order valence-corrected chi connectivity index (χ4v) is 2.04. The van der Waals surface area contributed by atoms with E-state index in [2.05, 4.69) is 36.8 Å². The van der Waals surface area contributed by atoms with Crippen LogP contribution < -0.4 is 0 Å². The minimum atomic E-state index is 0.863. The van der Waals surface area contributed by atoms with Crippen LogP contribution in [0.15, 0.2) is 24.3 Å². The predicted octanol–water partition coefficient (Wildman–Crippen LogP) is 3.11. The van der Waals surface area contributed by atoms with E-state index in [1.54, 1.807) is 0 Å². The Hall–Kier alpha value is -0.570. The number of nitrogens with zero attached hydrogens (tertiary/aromatic N) is 2. The van der Waals surface area contributed by atoms with Gasteiger partial charge in [-0.05, 0) is 31.8 Å². The van der Waals surface area contributed by atoms with Gasteiger partial charge in [-0.3, -0.25) is 0 Å². The maximum Gasteiger partial charge on any atom is 0.0451 e. The molecule has 0 unspecified atom stereocenters. The molecule has 0 fully saturated rings. The second-order valence-corrected chi connectivity index (χ2v) is 4.76. The first-order valence-electron chi connectivity index (χ1n) is 6.31. The van der Waals surface area contributed by atoms with E-state index in [0.29, 0.717) is 0 Å². The Labute approximate surface area is 110 Å². The van der Waals surface area contributed by atoms with Crippen molar-refractivity contribution in [2.45, 2.75) is 20.4 Å². The standard InChI is InChI=1S/C14H23ClN2/c1-4-17(5-2)11-10-16(3)12-13-8-6-7-9-14(13)15/h6-9H,4-5,10-12H2,1-3H3. The Morgan fingerprint density at radius 3 is 2.29 bits per heavy atom. The summed E-state index contributed by atoms with van der Waals surface area (Å²) in [6.07, 6.45) is 0. The molecule has 0 aliphatic heterocycles. The largest absolute Gasteiger partial charge is 0.303 e. The second-order valence-electron chi connectivity index (χ2n) is 4.36. The SMILES string of the molecule is CCN(CC)CCN(C)Cc1ccccc1Cl. The maximum absolute atomic E-state index is 6.15. The van der Waals surface area contributed by atoms with Crippen LogP contribution in [0, 0.1) is 0 Å². The highest BCUT2D eigenvalue weighted by molar-refractivity contribution is 6.31. The zero-order valence-electron chi connectivity index (χ0n) is 11.1. The highest BCUT2D eigenvalue weighted by Crippen LogP contribution is 2.16. The molecule has 17 heavy (non-hydrogen) atoms. The number of benzene rings is 1. The van der Waals surface area contributed by atoms with E-state index in [1.165, 1.54) is 5.56 Å². The van der Waals surface area contributed by atoms with Crippen LogP contribution in [-0.2, 0) is 6.54 Å². The quantitative estimate of drug-likeness (QED) is 0.738. The van der Waals surface area contributed by atoms with Gasteiger partial charge in [0.2, 0.25) is 0 Å². The molecule has 1 aromatic rings. The van der Waals surface area contributed by atoms with Crippen LogP contribution in [0.3, 0.4) is 0 Å². The lowest BCUT2D eigenvalue weighted by Crippen LogP contribution is -2.32. The summed E-state index contributed by atoms with van der Waals surface area (Å²) in [4.78, 5) is 4.75. The van der Waals surface area contributed by atoms with Gasteiger partial charge in [0.1, 0.15) is 0 Å². The van der Waals surface area contributed by atoms with Gasteiger partial charge in [-0.1, -0.05) is 43.6 Å². The Bertz CT molecular complexity index is 324. The highest BCUT2D eigenvalue weighted by atomic mass is 35.5. The van der Waals surface area contributed by atoms with Crippen molar-refractivity contribution in [2.24, 2.45) is 0 Å². The van der Waals surface area contributed by atoms with Crippen LogP contribution in [0.4, 0.5) is 0 Å². The topological polar surface area (TPSA) is 6.48 Å². The van der Waals surface area contributed by atoms with Crippen LogP contribution in [0.2, 0.25) is 5.02 Å². The van der Waals surface area contributed by atoms with Crippen LogP contribution in [-0.4, -0.2) is 43.0 Å². The maximum atomic E-state index is 6.15. The van der Waals surface area contributed by atoms with Crippen molar-refractivity contribution in [3.05, 3.63) is 34.9 Å². The summed E-state index contributed by atoms with van der Waals surface area (Å²) in [5, 5.41) is 0.863. The first-order valence-corrected chi connectivity index (χ1v) is 6.69. The van der Waals surface area contributed by atoms with Crippen LogP contribution in [0.25, 0.3) is 0 Å². The predicted molar refractivity (Wildman–Crippen MR) is 75.6 cm³/mol. The van der Waals surface area contributed by atoms with Crippen LogP contribution in [0.5, 0.6) is 0 Å². The smallest absolute Gasteiger partial charge is 0.0451 e. The lowest BCUT2D eigenvalue weighted by atomic mass is 10.2. The molecular formula is C14H23ClN2. The van der Waals surface area contributed by atoms with Crippen LogP contribution in [0.1, 0.15) is 19.4 Å². The van der Waals surface area contributed by atoms with Crippen molar-refractivity contribution in [1.82, 2.24) is 9.80 Å². The van der Waals surface area contributed by atoms with Gasteiger partial charge >= 0.3 is 0 Å². The Kier molecular flexibility index (Phi) is 6.56. The molecule has 0 amide bonds. The average Bonchev–Trinajstić information content (AvgIpc) is 2.33. The van der Waals surface area contributed by atoms with Gasteiger partial charge < -0.3 is 9.80 Å². The first-order chi connectivity index (χ1) is 8.17. The summed E-state index contributed by atoms with van der Waals surface area (Å²) in [6.45, 7) is 9.77. The Morgan fingerprint density at radius 1 is 1.06 bits per heavy atom. The fraction of sp³-hybridized carbons (Fsp3) is 0.571. The molecule has 0 saturated carbocycles. The summed E-state index contributed by atoms with van der Waals surface area (Å²) in [6, 6.07) is 8.06. The molecule has 0 atom stereocenters. The Balaban J connectivity index is 2.39. The minimum absolute atomic E-state index is 0.863. The van der Waals surface area contributed by atoms with E-state index in [1.807, 2.05) is 18.2 Å². The Morgan fingerprint density at radius 2 is 1.71 bits per heavy atom. The summed E-state index contributed by atoms with van der Waals surface area (Å²) in [7, 11) is 2.15. The number of hydrogen-bond donors (Lipinski definition) is 0. The molecule has 0 spiro atoms. The third-order valence-corrected chi connectivity index (χ3v) is 3.46. The van der Waals surface area contributed by atoms with Crippen molar-refractivity contribution in [1.29, 1.82) is 0 Å². The van der Waals surface area contributed by atoms with E-state index in [-0.39, 0.29) is 0 Å². The van der Waals surface area contributed by atoms with Gasteiger partial charge in [-0.2, -0.15) is 0 Å². The monoisotopic (exact) mass is 254 g/mol. The number of halogens is 1. The van der Waals surface area contributed by atoms with E-state index >= 15 is 0 Å². The zero-order valence-corrected chi connectivity index (χ0v) is 11.9. The average molecular weight is 255 g/mol. The minimum Gasteiger partial charge on any atom is -0.303 e. The van der Waals surface area contributed by atoms with E-state index in [9.17, 15) is 0 Å². The zero-order chi connectivity index (χ0) is 12.7. The molecule has 2 nitrogen and oxygen atoms in total. The van der Waals surface area contributed by atoms with E-state index in [0.717, 1.165) is 37.7 Å². The molecule has 0 bridgehead atoms. The number of likely N-dealkylation sites (N-methyl/N-ethyl adjacent to an activating group) is 2. The van der Waals surface area contributed by atoms with Crippen molar-refractivity contribution < 1.29 is 0 Å². The molecular weight excluding hydrogens is 232 g/mol. The van der Waals surface area contributed by atoms with Crippen molar-refractivity contribution in [3.8, 4) is 0 Å². The number of rotatable bonds is 7. The molecule has 0 aromatic heterocycles. The van der Waals surface area contributed by atoms with Gasteiger partial charge in [-0.15, -0.1) is 0 Å². The number of hydrogen-bond acceptors (Lipinski definition) is 2. The van der Waals surface area contributed by atoms with Gasteiger partial charge in [-0.25, -0.2) is 0 Å². The lowest BCUT2D eigenvalue weighted by molar-refractivity contribution is 0.236. The molecule has 0 radical (unpaired) electrons. The summed E-state index contributed by atoms with van der Waals surface area (Å²) in [5.41, 5.74) is 1.20. The van der Waals surface area contributed by atoms with Gasteiger partial charge in [0, 0.05) is 24.7 Å². The molecule has 0 heterocycles. The van der Waals surface area contributed by atoms with Gasteiger partial charge in [0.05, 0.1) is 0 Å². The normalized spacial score (nSPS) is 11.4. The summed E-state index contributed by atoms with van der Waals surface area (Å²) < 4.78 is 0. The second kappa shape index (κ2) is 7.70. The van der Waals surface area contributed by atoms with E-state index in [4.69, 9.17) is 11.6 Å². The van der Waals surface area contributed by atoms with Crippen molar-refractivity contribution in [2.75, 3.05) is 33.2 Å². The molecule has 0 saturated heterocycles. The molecule has 96 valence electrons. The fourth-order valence-electron chi connectivity index (χ4n) is 1.85. The molecule has 0 aliphatic carbocycles. The molecule has 0 aliphatic rings. The molecule has 1 rings (SSSR count). The first kappa shape index (κ1) is 14.5. The summed E-state index contributed by atoms with van der Waals surface area (Å²) in [5.74, 6) is 0. The lowest BCUT2D eigenvalue weighted by Gasteiger charge is -2.23. The molecule has 1 aromatic carbocycles. The third kappa shape index (κ3) is 5.07. The van der Waals surface area contributed by atoms with Gasteiger partial charge in [0.15, 0.2) is 0 Å².